The third-order valence-electron chi connectivity index (χ3n) is 3.09. The first-order valence-electron chi connectivity index (χ1n) is 5.97. The van der Waals surface area contributed by atoms with E-state index in [0.717, 1.165) is 42.0 Å². The molecular formula is C12H17BrN2OS. The number of halogens is 1. The lowest BCUT2D eigenvalue weighted by molar-refractivity contribution is 0.0835. The van der Waals surface area contributed by atoms with Gasteiger partial charge in [-0.1, -0.05) is 26.1 Å². The lowest BCUT2D eigenvalue weighted by Crippen LogP contribution is -2.17. The molecule has 0 spiro atoms. The number of nitrogens with zero attached hydrogens (tertiary/aromatic N) is 1. The minimum absolute atomic E-state index is 0.410. The molecular weight excluding hydrogens is 300 g/mol. The van der Waals surface area contributed by atoms with E-state index in [1.807, 2.05) is 0 Å². The van der Waals surface area contributed by atoms with E-state index in [0.29, 0.717) is 16.5 Å². The zero-order valence-corrected chi connectivity index (χ0v) is 12.5. The minimum Gasteiger partial charge on any atom is -0.381 e. The molecule has 1 aliphatic rings. The van der Waals surface area contributed by atoms with Crippen molar-refractivity contribution in [2.24, 2.45) is 0 Å². The molecule has 1 aliphatic heterocycles. The number of aromatic nitrogens is 2. The van der Waals surface area contributed by atoms with E-state index in [1.54, 1.807) is 0 Å². The number of hydrogen-bond acceptors (Lipinski definition) is 3. The highest BCUT2D eigenvalue weighted by Gasteiger charge is 2.20. The molecule has 0 atom stereocenters. The average Bonchev–Trinajstić information content (AvgIpc) is 2.33. The van der Waals surface area contributed by atoms with Crippen LogP contribution in [0.25, 0.3) is 0 Å². The molecule has 94 valence electrons. The summed E-state index contributed by atoms with van der Waals surface area (Å²) in [5.74, 6) is 1.88. The molecule has 1 aromatic rings. The molecule has 0 amide bonds. The Labute approximate surface area is 115 Å². The summed E-state index contributed by atoms with van der Waals surface area (Å²) in [5.41, 5.74) is 1.14. The van der Waals surface area contributed by atoms with E-state index in [4.69, 9.17) is 17.0 Å². The van der Waals surface area contributed by atoms with Gasteiger partial charge in [0.05, 0.1) is 4.47 Å². The molecule has 1 N–H and O–H groups in total. The van der Waals surface area contributed by atoms with Gasteiger partial charge in [0.15, 0.2) is 0 Å². The molecule has 1 aromatic heterocycles. The second-order valence-corrected chi connectivity index (χ2v) is 5.88. The van der Waals surface area contributed by atoms with E-state index in [2.05, 4.69) is 39.7 Å². The van der Waals surface area contributed by atoms with Crippen LogP contribution in [0.5, 0.6) is 0 Å². The molecule has 2 heterocycles. The van der Waals surface area contributed by atoms with E-state index < -0.39 is 0 Å². The van der Waals surface area contributed by atoms with Crippen LogP contribution in [-0.2, 0) is 4.74 Å². The summed E-state index contributed by atoms with van der Waals surface area (Å²) in [4.78, 5) is 7.94. The molecule has 1 fully saturated rings. The molecule has 17 heavy (non-hydrogen) atoms. The molecule has 0 aromatic carbocycles. The number of aromatic amines is 1. The summed E-state index contributed by atoms with van der Waals surface area (Å²) < 4.78 is 6.97. The molecule has 1 saturated heterocycles. The Kier molecular flexibility index (Phi) is 4.33. The fraction of sp³-hybridized carbons (Fsp3) is 0.667. The number of rotatable bonds is 2. The number of nitrogens with one attached hydrogen (secondary N) is 1. The molecule has 2 rings (SSSR count). The van der Waals surface area contributed by atoms with E-state index in [9.17, 15) is 0 Å². The van der Waals surface area contributed by atoms with E-state index >= 15 is 0 Å². The predicted molar refractivity (Wildman–Crippen MR) is 74.0 cm³/mol. The van der Waals surface area contributed by atoms with Gasteiger partial charge in [0, 0.05) is 24.8 Å². The van der Waals surface area contributed by atoms with Crippen LogP contribution in [0.2, 0.25) is 0 Å². The van der Waals surface area contributed by atoms with Crippen molar-refractivity contribution in [3.8, 4) is 0 Å². The second kappa shape index (κ2) is 5.59. The second-order valence-electron chi connectivity index (χ2n) is 4.70. The Bertz CT molecular complexity index is 452. The lowest BCUT2D eigenvalue weighted by Gasteiger charge is -2.22. The van der Waals surface area contributed by atoms with Crippen LogP contribution in [-0.4, -0.2) is 23.2 Å². The quantitative estimate of drug-likeness (QED) is 0.840. The first-order chi connectivity index (χ1) is 8.09. The minimum atomic E-state index is 0.410. The van der Waals surface area contributed by atoms with Gasteiger partial charge in [-0.2, -0.15) is 0 Å². The van der Waals surface area contributed by atoms with Crippen molar-refractivity contribution in [2.45, 2.75) is 38.5 Å². The van der Waals surface area contributed by atoms with Crippen LogP contribution < -0.4 is 0 Å². The van der Waals surface area contributed by atoms with Crippen molar-refractivity contribution in [1.29, 1.82) is 0 Å². The Hall–Kier alpha value is -0.260. The van der Waals surface area contributed by atoms with Crippen LogP contribution in [0.1, 0.15) is 50.0 Å². The molecule has 3 nitrogen and oxygen atoms in total. The third kappa shape index (κ3) is 2.95. The molecule has 0 aliphatic carbocycles. The fourth-order valence-electron chi connectivity index (χ4n) is 2.06. The molecule has 0 saturated carbocycles. The van der Waals surface area contributed by atoms with Gasteiger partial charge in [-0.05, 0) is 34.7 Å². The van der Waals surface area contributed by atoms with Crippen molar-refractivity contribution in [3.63, 3.8) is 0 Å². The summed E-state index contributed by atoms with van der Waals surface area (Å²) in [6.45, 7) is 5.94. The maximum atomic E-state index is 5.38. The SMILES string of the molecule is CC(C)c1[nH]c(C2CCOCC2)nc(=S)c1Br. The predicted octanol–water partition coefficient (Wildman–Crippen LogP) is 3.92. The van der Waals surface area contributed by atoms with Gasteiger partial charge < -0.3 is 9.72 Å². The summed E-state index contributed by atoms with van der Waals surface area (Å²) >= 11 is 8.82. The highest BCUT2D eigenvalue weighted by atomic mass is 79.9. The van der Waals surface area contributed by atoms with Gasteiger partial charge in [-0.15, -0.1) is 0 Å². The summed E-state index contributed by atoms with van der Waals surface area (Å²) in [6.07, 6.45) is 2.05. The molecule has 0 bridgehead atoms. The molecule has 5 heteroatoms. The third-order valence-corrected chi connectivity index (χ3v) is 4.45. The van der Waals surface area contributed by atoms with Gasteiger partial charge >= 0.3 is 0 Å². The van der Waals surface area contributed by atoms with Crippen molar-refractivity contribution >= 4 is 28.1 Å². The average molecular weight is 317 g/mol. The smallest absolute Gasteiger partial charge is 0.144 e. The van der Waals surface area contributed by atoms with Crippen molar-refractivity contribution in [2.75, 3.05) is 13.2 Å². The zero-order valence-electron chi connectivity index (χ0n) is 10.1. The van der Waals surface area contributed by atoms with Gasteiger partial charge in [-0.25, -0.2) is 4.98 Å². The maximum absolute atomic E-state index is 5.38. The van der Waals surface area contributed by atoms with Crippen LogP contribution >= 0.6 is 28.1 Å². The summed E-state index contributed by atoms with van der Waals surface area (Å²) in [7, 11) is 0. The largest absolute Gasteiger partial charge is 0.381 e. The summed E-state index contributed by atoms with van der Waals surface area (Å²) in [5, 5.41) is 0. The lowest BCUT2D eigenvalue weighted by atomic mass is 9.99. The van der Waals surface area contributed by atoms with Crippen molar-refractivity contribution < 1.29 is 4.74 Å². The van der Waals surface area contributed by atoms with Crippen molar-refractivity contribution in [1.82, 2.24) is 9.97 Å². The highest BCUT2D eigenvalue weighted by Crippen LogP contribution is 2.28. The monoisotopic (exact) mass is 316 g/mol. The van der Waals surface area contributed by atoms with Gasteiger partial charge in [-0.3, -0.25) is 0 Å². The first kappa shape index (κ1) is 13.2. The van der Waals surface area contributed by atoms with Crippen LogP contribution in [0.3, 0.4) is 0 Å². The summed E-state index contributed by atoms with van der Waals surface area (Å²) in [6, 6.07) is 0. The zero-order chi connectivity index (χ0) is 12.4. The Morgan fingerprint density at radius 1 is 1.41 bits per heavy atom. The van der Waals surface area contributed by atoms with Crippen LogP contribution in [0.15, 0.2) is 4.47 Å². The molecule has 0 unspecified atom stereocenters. The first-order valence-corrected chi connectivity index (χ1v) is 7.17. The number of H-pyrrole nitrogens is 1. The Morgan fingerprint density at radius 3 is 2.65 bits per heavy atom. The van der Waals surface area contributed by atoms with Crippen molar-refractivity contribution in [3.05, 3.63) is 20.6 Å². The standard InChI is InChI=1S/C12H17BrN2OS/c1-7(2)10-9(13)12(17)15-11(14-10)8-3-5-16-6-4-8/h7-8H,3-6H2,1-2H3,(H,14,15,17). The normalized spacial score (nSPS) is 17.6. The van der Waals surface area contributed by atoms with Gasteiger partial charge in [0.2, 0.25) is 0 Å². The Balaban J connectivity index is 2.37. The fourth-order valence-corrected chi connectivity index (χ4v) is 2.91. The number of hydrogen-bond donors (Lipinski definition) is 1. The number of ether oxygens (including phenoxy) is 1. The van der Waals surface area contributed by atoms with E-state index in [1.165, 1.54) is 0 Å². The Morgan fingerprint density at radius 2 is 2.06 bits per heavy atom. The van der Waals surface area contributed by atoms with Crippen LogP contribution in [0, 0.1) is 4.64 Å². The van der Waals surface area contributed by atoms with E-state index in [-0.39, 0.29) is 0 Å². The topological polar surface area (TPSA) is 37.9 Å². The maximum Gasteiger partial charge on any atom is 0.144 e. The van der Waals surface area contributed by atoms with Crippen LogP contribution in [0.4, 0.5) is 0 Å². The van der Waals surface area contributed by atoms with Gasteiger partial charge in [0.1, 0.15) is 10.5 Å². The molecule has 0 radical (unpaired) electrons. The highest BCUT2D eigenvalue weighted by molar-refractivity contribution is 9.10. The van der Waals surface area contributed by atoms with Gasteiger partial charge in [0.25, 0.3) is 0 Å².